The van der Waals surface area contributed by atoms with Crippen LogP contribution >= 0.6 is 23.2 Å². The minimum atomic E-state index is -0.363. The molecular formula is C17H13Cl2N3O2. The fourth-order valence-corrected chi connectivity index (χ4v) is 2.29. The van der Waals surface area contributed by atoms with Gasteiger partial charge in [0.25, 0.3) is 5.91 Å². The molecule has 0 aliphatic rings. The van der Waals surface area contributed by atoms with Crippen molar-refractivity contribution in [1.82, 2.24) is 5.32 Å². The number of amides is 2. The minimum Gasteiger partial charge on any atom is -0.351 e. The molecule has 5 nitrogen and oxygen atoms in total. The third kappa shape index (κ3) is 4.98. The zero-order chi connectivity index (χ0) is 17.5. The first-order valence-electron chi connectivity index (χ1n) is 6.98. The molecule has 2 aromatic rings. The Morgan fingerprint density at radius 2 is 1.79 bits per heavy atom. The highest BCUT2D eigenvalue weighted by molar-refractivity contribution is 6.36. The van der Waals surface area contributed by atoms with Crippen LogP contribution in [0.4, 0.5) is 5.69 Å². The van der Waals surface area contributed by atoms with E-state index in [1.165, 1.54) is 6.07 Å². The molecule has 0 fully saturated rings. The van der Waals surface area contributed by atoms with Crippen LogP contribution in [0.3, 0.4) is 0 Å². The molecule has 2 amide bonds. The lowest BCUT2D eigenvalue weighted by molar-refractivity contribution is -0.120. The molecule has 2 N–H and O–H groups in total. The van der Waals surface area contributed by atoms with E-state index in [2.05, 4.69) is 10.6 Å². The van der Waals surface area contributed by atoms with E-state index in [-0.39, 0.29) is 23.8 Å². The summed E-state index contributed by atoms with van der Waals surface area (Å²) >= 11 is 11.9. The molecule has 0 saturated carbocycles. The molecule has 0 unspecified atom stereocenters. The highest BCUT2D eigenvalue weighted by atomic mass is 35.5. The van der Waals surface area contributed by atoms with Crippen molar-refractivity contribution in [2.75, 3.05) is 5.32 Å². The lowest BCUT2D eigenvalue weighted by atomic mass is 10.1. The molecule has 24 heavy (non-hydrogen) atoms. The van der Waals surface area contributed by atoms with Gasteiger partial charge in [-0.1, -0.05) is 35.3 Å². The fourth-order valence-electron chi connectivity index (χ4n) is 1.91. The number of anilines is 1. The second-order valence-electron chi connectivity index (χ2n) is 4.89. The van der Waals surface area contributed by atoms with Gasteiger partial charge in [-0.05, 0) is 35.9 Å². The van der Waals surface area contributed by atoms with Gasteiger partial charge in [0.05, 0.1) is 16.7 Å². The molecule has 0 radical (unpaired) electrons. The number of nitriles is 1. The van der Waals surface area contributed by atoms with Crippen molar-refractivity contribution in [1.29, 1.82) is 5.26 Å². The van der Waals surface area contributed by atoms with Crippen molar-refractivity contribution in [3.05, 3.63) is 63.6 Å². The Labute approximate surface area is 149 Å². The summed E-state index contributed by atoms with van der Waals surface area (Å²) in [6.07, 6.45) is -0.172. The van der Waals surface area contributed by atoms with Gasteiger partial charge in [0, 0.05) is 17.3 Å². The summed E-state index contributed by atoms with van der Waals surface area (Å²) in [5.41, 5.74) is 1.72. The van der Waals surface area contributed by atoms with E-state index >= 15 is 0 Å². The lowest BCUT2D eigenvalue weighted by Crippen LogP contribution is -2.21. The molecule has 0 saturated heterocycles. The average Bonchev–Trinajstić information content (AvgIpc) is 2.56. The van der Waals surface area contributed by atoms with E-state index in [4.69, 9.17) is 28.5 Å². The first-order chi connectivity index (χ1) is 11.5. The van der Waals surface area contributed by atoms with Gasteiger partial charge >= 0.3 is 0 Å². The molecule has 7 heteroatoms. The van der Waals surface area contributed by atoms with E-state index in [0.717, 1.165) is 5.56 Å². The van der Waals surface area contributed by atoms with Crippen molar-refractivity contribution in [3.8, 4) is 6.07 Å². The summed E-state index contributed by atoms with van der Waals surface area (Å²) in [5.74, 6) is -0.692. The van der Waals surface area contributed by atoms with Crippen LogP contribution in [-0.2, 0) is 11.3 Å². The average molecular weight is 362 g/mol. The van der Waals surface area contributed by atoms with Gasteiger partial charge in [0.15, 0.2) is 0 Å². The zero-order valence-corrected chi connectivity index (χ0v) is 14.0. The molecule has 0 spiro atoms. The zero-order valence-electron chi connectivity index (χ0n) is 12.5. The number of hydrogen-bond donors (Lipinski definition) is 2. The van der Waals surface area contributed by atoms with Gasteiger partial charge < -0.3 is 10.6 Å². The molecule has 122 valence electrons. The monoisotopic (exact) mass is 361 g/mol. The highest BCUT2D eigenvalue weighted by Crippen LogP contribution is 2.22. The molecule has 0 aliphatic carbocycles. The molecule has 0 aliphatic heterocycles. The minimum absolute atomic E-state index is 0.172. The van der Waals surface area contributed by atoms with E-state index < -0.39 is 0 Å². The van der Waals surface area contributed by atoms with Crippen LogP contribution in [0.25, 0.3) is 0 Å². The Hall–Kier alpha value is -2.55. The van der Waals surface area contributed by atoms with Gasteiger partial charge in [0.1, 0.15) is 6.42 Å². The second kappa shape index (κ2) is 8.34. The Bertz CT molecular complexity index is 798. The first-order valence-corrected chi connectivity index (χ1v) is 7.74. The predicted octanol–water partition coefficient (Wildman–Crippen LogP) is 3.78. The van der Waals surface area contributed by atoms with Gasteiger partial charge in [-0.25, -0.2) is 0 Å². The number of nitrogens with zero attached hydrogens (tertiary/aromatic N) is 1. The summed E-state index contributed by atoms with van der Waals surface area (Å²) in [6.45, 7) is 0.314. The summed E-state index contributed by atoms with van der Waals surface area (Å²) in [7, 11) is 0. The topological polar surface area (TPSA) is 82.0 Å². The Morgan fingerprint density at radius 3 is 2.46 bits per heavy atom. The lowest BCUT2D eigenvalue weighted by Gasteiger charge is -2.08. The number of benzene rings is 2. The number of carbonyl (C=O) groups excluding carboxylic acids is 2. The smallest absolute Gasteiger partial charge is 0.257 e. The maximum absolute atomic E-state index is 12.2. The summed E-state index contributed by atoms with van der Waals surface area (Å²) in [4.78, 5) is 23.4. The van der Waals surface area contributed by atoms with Gasteiger partial charge in [-0.15, -0.1) is 0 Å². The van der Waals surface area contributed by atoms with Gasteiger partial charge in [-0.2, -0.15) is 5.26 Å². The normalized spacial score (nSPS) is 9.88. The Kier molecular flexibility index (Phi) is 6.19. The third-order valence-corrected chi connectivity index (χ3v) is 3.68. The number of rotatable bonds is 5. The van der Waals surface area contributed by atoms with Crippen molar-refractivity contribution in [2.45, 2.75) is 13.0 Å². The molecule has 2 aromatic carbocycles. The van der Waals surface area contributed by atoms with Crippen molar-refractivity contribution < 1.29 is 9.59 Å². The SMILES string of the molecule is N#CCC(=O)NCc1ccc(NC(=O)c2cc(Cl)ccc2Cl)cc1. The van der Waals surface area contributed by atoms with Crippen molar-refractivity contribution in [2.24, 2.45) is 0 Å². The maximum atomic E-state index is 12.2. The number of hydrogen-bond acceptors (Lipinski definition) is 3. The molecular weight excluding hydrogens is 349 g/mol. The van der Waals surface area contributed by atoms with Crippen molar-refractivity contribution >= 4 is 40.7 Å². The van der Waals surface area contributed by atoms with E-state index in [1.54, 1.807) is 42.5 Å². The Morgan fingerprint density at radius 1 is 1.08 bits per heavy atom. The van der Waals surface area contributed by atoms with Gasteiger partial charge in [-0.3, -0.25) is 9.59 Å². The third-order valence-electron chi connectivity index (χ3n) is 3.11. The van der Waals surface area contributed by atoms with E-state index in [9.17, 15) is 9.59 Å². The highest BCUT2D eigenvalue weighted by Gasteiger charge is 2.11. The quantitative estimate of drug-likeness (QED) is 0.849. The molecule has 0 heterocycles. The van der Waals surface area contributed by atoms with Crippen LogP contribution in [0.1, 0.15) is 22.3 Å². The molecule has 0 atom stereocenters. The number of halogens is 2. The van der Waals surface area contributed by atoms with Crippen molar-refractivity contribution in [3.63, 3.8) is 0 Å². The second-order valence-corrected chi connectivity index (χ2v) is 5.73. The van der Waals surface area contributed by atoms with E-state index in [0.29, 0.717) is 22.3 Å². The fraction of sp³-hybridized carbons (Fsp3) is 0.118. The maximum Gasteiger partial charge on any atom is 0.257 e. The largest absolute Gasteiger partial charge is 0.351 e. The molecule has 0 bridgehead atoms. The summed E-state index contributed by atoms with van der Waals surface area (Å²) < 4.78 is 0. The standard InChI is InChI=1S/C17H13Cl2N3O2/c18-12-3-6-15(19)14(9-12)17(24)22-13-4-1-11(2-5-13)10-21-16(23)7-8-20/h1-6,9H,7,10H2,(H,21,23)(H,22,24). The summed E-state index contributed by atoms with van der Waals surface area (Å²) in [6, 6.07) is 13.4. The van der Waals surface area contributed by atoms with Crippen LogP contribution in [0.2, 0.25) is 10.0 Å². The van der Waals surface area contributed by atoms with Gasteiger partial charge in [0.2, 0.25) is 5.91 Å². The van der Waals surface area contributed by atoms with Crippen LogP contribution < -0.4 is 10.6 Å². The predicted molar refractivity (Wildman–Crippen MR) is 92.9 cm³/mol. The number of nitrogens with one attached hydrogen (secondary N) is 2. The molecule has 0 aromatic heterocycles. The van der Waals surface area contributed by atoms with E-state index in [1.807, 2.05) is 0 Å². The first kappa shape index (κ1) is 17.8. The van der Waals surface area contributed by atoms with Crippen LogP contribution in [-0.4, -0.2) is 11.8 Å². The molecule has 2 rings (SSSR count). The Balaban J connectivity index is 1.98. The van der Waals surface area contributed by atoms with Crippen LogP contribution in [0.15, 0.2) is 42.5 Å². The summed E-state index contributed by atoms with van der Waals surface area (Å²) in [5, 5.41) is 14.5. The van der Waals surface area contributed by atoms with Crippen LogP contribution in [0, 0.1) is 11.3 Å². The number of carbonyl (C=O) groups is 2. The van der Waals surface area contributed by atoms with Crippen LogP contribution in [0.5, 0.6) is 0 Å².